The molecule has 124 valence electrons. The summed E-state index contributed by atoms with van der Waals surface area (Å²) in [6.45, 7) is 0.765. The number of hydrogen-bond acceptors (Lipinski definition) is 2. The molecule has 1 aliphatic heterocycles. The molecule has 0 saturated carbocycles. The highest BCUT2D eigenvalue weighted by Crippen LogP contribution is 2.35. The van der Waals surface area contributed by atoms with Crippen molar-refractivity contribution in [2.24, 2.45) is 0 Å². The normalized spacial score (nSPS) is 19.1. The van der Waals surface area contributed by atoms with Gasteiger partial charge in [-0.15, -0.1) is 0 Å². The maximum Gasteiger partial charge on any atom is 0.282 e. The number of rotatable bonds is 3. The minimum Gasteiger partial charge on any atom is -0.348 e. The third-order valence-electron chi connectivity index (χ3n) is 4.01. The predicted octanol–water partition coefficient (Wildman–Crippen LogP) is 1.98. The van der Waals surface area contributed by atoms with Crippen LogP contribution in [-0.2, 0) is 16.8 Å². The second kappa shape index (κ2) is 5.70. The summed E-state index contributed by atoms with van der Waals surface area (Å²) in [6.07, 6.45) is 1.85. The van der Waals surface area contributed by atoms with Crippen molar-refractivity contribution in [2.45, 2.75) is 12.6 Å². The van der Waals surface area contributed by atoms with Gasteiger partial charge in [0.1, 0.15) is 0 Å². The van der Waals surface area contributed by atoms with Gasteiger partial charge in [0.05, 0.1) is 6.04 Å². The van der Waals surface area contributed by atoms with Crippen molar-refractivity contribution in [3.05, 3.63) is 59.4 Å². The van der Waals surface area contributed by atoms with E-state index in [1.54, 1.807) is 6.07 Å². The van der Waals surface area contributed by atoms with Crippen LogP contribution in [0.1, 0.15) is 17.3 Å². The average Bonchev–Trinajstić information content (AvgIpc) is 2.97. The van der Waals surface area contributed by atoms with Crippen LogP contribution in [0.3, 0.4) is 0 Å². The van der Waals surface area contributed by atoms with E-state index in [9.17, 15) is 17.2 Å². The molecule has 1 atom stereocenters. The number of fused-ring (bicyclic) bond motifs is 1. The van der Waals surface area contributed by atoms with Gasteiger partial charge in [-0.2, -0.15) is 17.0 Å². The quantitative estimate of drug-likeness (QED) is 0.857. The third kappa shape index (κ3) is 2.66. The Bertz CT molecular complexity index is 833. The van der Waals surface area contributed by atoms with Crippen LogP contribution in [0.2, 0.25) is 0 Å². The SMILES string of the molecule is CN(C)S(=O)(=O)N1CCn2cccc2C1c1ccc(F)c(F)c1. The Kier molecular flexibility index (Phi) is 3.99. The van der Waals surface area contributed by atoms with E-state index >= 15 is 0 Å². The van der Waals surface area contributed by atoms with Crippen molar-refractivity contribution in [1.82, 2.24) is 13.2 Å². The van der Waals surface area contributed by atoms with Gasteiger partial charge in [-0.25, -0.2) is 8.78 Å². The molecule has 2 aromatic rings. The van der Waals surface area contributed by atoms with Crippen molar-refractivity contribution < 1.29 is 17.2 Å². The first kappa shape index (κ1) is 16.1. The van der Waals surface area contributed by atoms with Crippen LogP contribution in [0, 0.1) is 11.6 Å². The number of aromatic nitrogens is 1. The number of benzene rings is 1. The average molecular weight is 341 g/mol. The monoisotopic (exact) mass is 341 g/mol. The summed E-state index contributed by atoms with van der Waals surface area (Å²) in [4.78, 5) is 0. The van der Waals surface area contributed by atoms with Gasteiger partial charge in [-0.3, -0.25) is 0 Å². The fourth-order valence-electron chi connectivity index (χ4n) is 2.84. The Hall–Kier alpha value is -1.77. The van der Waals surface area contributed by atoms with Crippen LogP contribution < -0.4 is 0 Å². The summed E-state index contributed by atoms with van der Waals surface area (Å²) < 4.78 is 56.5. The standard InChI is InChI=1S/C15H17F2N3O2S/c1-18(2)23(21,22)20-9-8-19-7-3-4-14(19)15(20)11-5-6-12(16)13(17)10-11/h3-7,10,15H,8-9H2,1-2H3. The van der Waals surface area contributed by atoms with Gasteiger partial charge >= 0.3 is 0 Å². The van der Waals surface area contributed by atoms with Crippen molar-refractivity contribution >= 4 is 10.2 Å². The molecule has 0 radical (unpaired) electrons. The van der Waals surface area contributed by atoms with E-state index in [1.165, 1.54) is 24.5 Å². The Morgan fingerprint density at radius 2 is 1.87 bits per heavy atom. The molecule has 1 aromatic heterocycles. The van der Waals surface area contributed by atoms with Crippen LogP contribution >= 0.6 is 0 Å². The molecule has 0 bridgehead atoms. The molecule has 0 spiro atoms. The summed E-state index contributed by atoms with van der Waals surface area (Å²) in [6, 6.07) is 6.41. The Morgan fingerprint density at radius 3 is 2.52 bits per heavy atom. The Morgan fingerprint density at radius 1 is 1.13 bits per heavy atom. The molecule has 1 unspecified atom stereocenters. The van der Waals surface area contributed by atoms with Crippen LogP contribution in [0.15, 0.2) is 36.5 Å². The van der Waals surface area contributed by atoms with E-state index in [0.717, 1.165) is 22.1 Å². The lowest BCUT2D eigenvalue weighted by atomic mass is 10.0. The fraction of sp³-hybridized carbons (Fsp3) is 0.333. The highest BCUT2D eigenvalue weighted by molar-refractivity contribution is 7.86. The van der Waals surface area contributed by atoms with E-state index in [0.29, 0.717) is 12.1 Å². The highest BCUT2D eigenvalue weighted by atomic mass is 32.2. The van der Waals surface area contributed by atoms with Gasteiger partial charge in [0.15, 0.2) is 11.6 Å². The molecule has 5 nitrogen and oxygen atoms in total. The van der Waals surface area contributed by atoms with Crippen LogP contribution in [0.4, 0.5) is 8.78 Å². The zero-order valence-corrected chi connectivity index (χ0v) is 13.6. The zero-order valence-electron chi connectivity index (χ0n) is 12.8. The summed E-state index contributed by atoms with van der Waals surface area (Å²) in [5.41, 5.74) is 1.13. The Labute approximate surface area is 133 Å². The molecule has 3 rings (SSSR count). The minimum absolute atomic E-state index is 0.256. The molecular weight excluding hydrogens is 324 g/mol. The molecule has 0 aliphatic carbocycles. The van der Waals surface area contributed by atoms with Crippen LogP contribution in [-0.4, -0.2) is 42.2 Å². The van der Waals surface area contributed by atoms with Gasteiger partial charge in [-0.1, -0.05) is 6.07 Å². The van der Waals surface area contributed by atoms with Gasteiger partial charge in [0, 0.05) is 39.1 Å². The second-order valence-corrected chi connectivity index (χ2v) is 7.70. The van der Waals surface area contributed by atoms with Gasteiger partial charge in [-0.05, 0) is 29.8 Å². The molecule has 23 heavy (non-hydrogen) atoms. The van der Waals surface area contributed by atoms with Crippen molar-refractivity contribution in [2.75, 3.05) is 20.6 Å². The van der Waals surface area contributed by atoms with E-state index in [1.807, 2.05) is 16.8 Å². The number of nitrogens with zero attached hydrogens (tertiary/aromatic N) is 3. The van der Waals surface area contributed by atoms with Gasteiger partial charge in [0.2, 0.25) is 0 Å². The first-order chi connectivity index (χ1) is 10.8. The van der Waals surface area contributed by atoms with E-state index < -0.39 is 27.9 Å². The highest BCUT2D eigenvalue weighted by Gasteiger charge is 2.38. The van der Waals surface area contributed by atoms with Crippen molar-refractivity contribution in [3.63, 3.8) is 0 Å². The molecule has 0 saturated heterocycles. The molecule has 0 N–H and O–H groups in total. The first-order valence-corrected chi connectivity index (χ1v) is 8.51. The topological polar surface area (TPSA) is 45.6 Å². The summed E-state index contributed by atoms with van der Waals surface area (Å²) in [5, 5.41) is 0. The lowest BCUT2D eigenvalue weighted by molar-refractivity contribution is 0.280. The maximum atomic E-state index is 13.7. The summed E-state index contributed by atoms with van der Waals surface area (Å²) in [7, 11) is -0.804. The molecule has 0 fully saturated rings. The first-order valence-electron chi connectivity index (χ1n) is 7.11. The third-order valence-corrected chi connectivity index (χ3v) is 5.92. The van der Waals surface area contributed by atoms with Crippen molar-refractivity contribution in [3.8, 4) is 0 Å². The molecule has 1 aromatic carbocycles. The van der Waals surface area contributed by atoms with Gasteiger partial charge in [0.25, 0.3) is 10.2 Å². The van der Waals surface area contributed by atoms with E-state index in [2.05, 4.69) is 0 Å². The smallest absolute Gasteiger partial charge is 0.282 e. The fourth-order valence-corrected chi connectivity index (χ4v) is 4.07. The largest absolute Gasteiger partial charge is 0.348 e. The molecule has 8 heteroatoms. The molecule has 2 heterocycles. The maximum absolute atomic E-state index is 13.7. The molecule has 1 aliphatic rings. The molecule has 0 amide bonds. The lowest BCUT2D eigenvalue weighted by Gasteiger charge is -2.37. The van der Waals surface area contributed by atoms with Gasteiger partial charge < -0.3 is 4.57 Å². The summed E-state index contributed by atoms with van der Waals surface area (Å²) in [5.74, 6) is -1.95. The predicted molar refractivity (Wildman–Crippen MR) is 81.9 cm³/mol. The Balaban J connectivity index is 2.16. The molecular formula is C15H17F2N3O2S. The van der Waals surface area contributed by atoms with Crippen LogP contribution in [0.5, 0.6) is 0 Å². The number of halogens is 2. The lowest BCUT2D eigenvalue weighted by Crippen LogP contribution is -2.47. The second-order valence-electron chi connectivity index (χ2n) is 5.60. The van der Waals surface area contributed by atoms with E-state index in [4.69, 9.17) is 0 Å². The van der Waals surface area contributed by atoms with Crippen LogP contribution in [0.25, 0.3) is 0 Å². The van der Waals surface area contributed by atoms with E-state index in [-0.39, 0.29) is 6.54 Å². The zero-order chi connectivity index (χ0) is 16.8. The number of hydrogen-bond donors (Lipinski definition) is 0. The van der Waals surface area contributed by atoms with Crippen molar-refractivity contribution in [1.29, 1.82) is 0 Å². The minimum atomic E-state index is -3.70. The summed E-state index contributed by atoms with van der Waals surface area (Å²) >= 11 is 0.